The molecular formula is C18H24O4. The van der Waals surface area contributed by atoms with Gasteiger partial charge in [-0.05, 0) is 48.6 Å². The van der Waals surface area contributed by atoms with Crippen molar-refractivity contribution in [3.05, 3.63) is 35.4 Å². The summed E-state index contributed by atoms with van der Waals surface area (Å²) in [6.07, 6.45) is 5.21. The monoisotopic (exact) mass is 304 g/mol. The number of esters is 2. The molecule has 0 spiro atoms. The van der Waals surface area contributed by atoms with E-state index in [-0.39, 0.29) is 17.4 Å². The van der Waals surface area contributed by atoms with Crippen LogP contribution >= 0.6 is 0 Å². The first-order valence-electron chi connectivity index (χ1n) is 7.79. The molecule has 1 aliphatic carbocycles. The van der Waals surface area contributed by atoms with Crippen molar-refractivity contribution in [1.29, 1.82) is 0 Å². The van der Waals surface area contributed by atoms with Gasteiger partial charge < -0.3 is 9.47 Å². The molecule has 4 heteroatoms. The Kier molecular flexibility index (Phi) is 5.58. The summed E-state index contributed by atoms with van der Waals surface area (Å²) in [5.74, 6) is -0.359. The highest BCUT2D eigenvalue weighted by molar-refractivity contribution is 5.70. The summed E-state index contributed by atoms with van der Waals surface area (Å²) in [6.45, 7) is 0. The second kappa shape index (κ2) is 7.43. The predicted octanol–water partition coefficient (Wildman–Crippen LogP) is 3.07. The first-order valence-corrected chi connectivity index (χ1v) is 7.79. The maximum atomic E-state index is 11.8. The normalized spacial score (nSPS) is 20.1. The zero-order valence-corrected chi connectivity index (χ0v) is 13.4. The zero-order chi connectivity index (χ0) is 16.0. The number of carbonyl (C=O) groups is 2. The molecule has 0 aromatic heterocycles. The van der Waals surface area contributed by atoms with Gasteiger partial charge >= 0.3 is 11.9 Å². The van der Waals surface area contributed by atoms with Gasteiger partial charge in [0.25, 0.3) is 0 Å². The molecule has 1 atom stereocenters. The molecule has 0 saturated carbocycles. The van der Waals surface area contributed by atoms with Crippen LogP contribution in [-0.4, -0.2) is 26.2 Å². The quantitative estimate of drug-likeness (QED) is 0.758. The van der Waals surface area contributed by atoms with E-state index >= 15 is 0 Å². The Bertz CT molecular complexity index is 538. The summed E-state index contributed by atoms with van der Waals surface area (Å²) >= 11 is 0. The van der Waals surface area contributed by atoms with E-state index in [0.29, 0.717) is 12.8 Å². The fraction of sp³-hybridized carbons (Fsp3) is 0.556. The van der Waals surface area contributed by atoms with Crippen LogP contribution in [0.5, 0.6) is 0 Å². The molecule has 22 heavy (non-hydrogen) atoms. The Labute approximate surface area is 131 Å². The molecule has 4 nitrogen and oxygen atoms in total. The van der Waals surface area contributed by atoms with Gasteiger partial charge in [-0.15, -0.1) is 0 Å². The van der Waals surface area contributed by atoms with Gasteiger partial charge in [0.1, 0.15) is 0 Å². The average Bonchev–Trinajstić information content (AvgIpc) is 2.54. The highest BCUT2D eigenvalue weighted by Gasteiger charge is 2.36. The van der Waals surface area contributed by atoms with E-state index in [1.54, 1.807) is 0 Å². The van der Waals surface area contributed by atoms with Gasteiger partial charge in [-0.25, -0.2) is 0 Å². The SMILES string of the molecule is COC(=O)CCC[C@@]1(CC(=O)OC)CCc2ccccc2C1. The van der Waals surface area contributed by atoms with Crippen molar-refractivity contribution in [1.82, 2.24) is 0 Å². The molecule has 1 aromatic carbocycles. The number of hydrogen-bond donors (Lipinski definition) is 0. The van der Waals surface area contributed by atoms with Crippen LogP contribution < -0.4 is 0 Å². The maximum absolute atomic E-state index is 11.8. The molecule has 0 amide bonds. The predicted molar refractivity (Wildman–Crippen MR) is 83.4 cm³/mol. The maximum Gasteiger partial charge on any atom is 0.306 e. The fourth-order valence-corrected chi connectivity index (χ4v) is 3.41. The minimum Gasteiger partial charge on any atom is -0.469 e. The van der Waals surface area contributed by atoms with Gasteiger partial charge in [-0.2, -0.15) is 0 Å². The number of methoxy groups -OCH3 is 2. The molecule has 0 radical (unpaired) electrons. The molecule has 0 bridgehead atoms. The Balaban J connectivity index is 2.10. The largest absolute Gasteiger partial charge is 0.469 e. The Morgan fingerprint density at radius 1 is 1.09 bits per heavy atom. The first-order chi connectivity index (χ1) is 10.6. The van der Waals surface area contributed by atoms with Crippen molar-refractivity contribution in [3.63, 3.8) is 0 Å². The van der Waals surface area contributed by atoms with Crippen LogP contribution in [-0.2, 0) is 31.9 Å². The topological polar surface area (TPSA) is 52.6 Å². The van der Waals surface area contributed by atoms with Crippen molar-refractivity contribution < 1.29 is 19.1 Å². The third kappa shape index (κ3) is 4.09. The van der Waals surface area contributed by atoms with E-state index in [0.717, 1.165) is 32.1 Å². The third-order valence-corrected chi connectivity index (χ3v) is 4.67. The Morgan fingerprint density at radius 3 is 2.45 bits per heavy atom. The van der Waals surface area contributed by atoms with Gasteiger partial charge in [0, 0.05) is 6.42 Å². The van der Waals surface area contributed by atoms with Gasteiger partial charge in [-0.1, -0.05) is 24.3 Å². The molecule has 0 N–H and O–H groups in total. The van der Waals surface area contributed by atoms with Crippen molar-refractivity contribution >= 4 is 11.9 Å². The van der Waals surface area contributed by atoms with Gasteiger partial charge in [-0.3, -0.25) is 9.59 Å². The Hall–Kier alpha value is -1.84. The van der Waals surface area contributed by atoms with Crippen LogP contribution in [0.2, 0.25) is 0 Å². The van der Waals surface area contributed by atoms with E-state index in [1.165, 1.54) is 25.3 Å². The second-order valence-electron chi connectivity index (χ2n) is 6.13. The van der Waals surface area contributed by atoms with Crippen LogP contribution in [0.4, 0.5) is 0 Å². The van der Waals surface area contributed by atoms with E-state index in [1.807, 2.05) is 6.07 Å². The highest BCUT2D eigenvalue weighted by Crippen LogP contribution is 2.42. The van der Waals surface area contributed by atoms with Crippen molar-refractivity contribution in [2.75, 3.05) is 14.2 Å². The third-order valence-electron chi connectivity index (χ3n) is 4.67. The molecule has 1 aromatic rings. The number of benzene rings is 1. The number of fused-ring (bicyclic) bond motifs is 1. The first kappa shape index (κ1) is 16.5. The fourth-order valence-electron chi connectivity index (χ4n) is 3.41. The minimum absolute atomic E-state index is 0.102. The molecule has 0 unspecified atom stereocenters. The number of aryl methyl sites for hydroxylation is 1. The van der Waals surface area contributed by atoms with Gasteiger partial charge in [0.2, 0.25) is 0 Å². The number of carbonyl (C=O) groups excluding carboxylic acids is 2. The Morgan fingerprint density at radius 2 is 1.77 bits per heavy atom. The summed E-state index contributed by atoms with van der Waals surface area (Å²) in [4.78, 5) is 23.2. The average molecular weight is 304 g/mol. The molecule has 0 aliphatic heterocycles. The molecule has 120 valence electrons. The van der Waals surface area contributed by atoms with E-state index < -0.39 is 0 Å². The lowest BCUT2D eigenvalue weighted by Crippen LogP contribution is -2.32. The molecule has 0 heterocycles. The molecule has 2 rings (SSSR count). The van der Waals surface area contributed by atoms with Crippen molar-refractivity contribution in [2.24, 2.45) is 5.41 Å². The summed E-state index contributed by atoms with van der Waals surface area (Å²) in [6, 6.07) is 8.40. The number of ether oxygens (including phenoxy) is 2. The standard InChI is InChI=1S/C18H24O4/c1-21-16(19)8-5-10-18(13-17(20)22-2)11-9-14-6-3-4-7-15(14)12-18/h3-4,6-7H,5,8-13H2,1-2H3/t18-/m1/s1. The van der Waals surface area contributed by atoms with Gasteiger partial charge in [0.15, 0.2) is 0 Å². The van der Waals surface area contributed by atoms with Gasteiger partial charge in [0.05, 0.1) is 20.6 Å². The van der Waals surface area contributed by atoms with E-state index in [4.69, 9.17) is 9.47 Å². The smallest absolute Gasteiger partial charge is 0.306 e. The summed E-state index contributed by atoms with van der Waals surface area (Å²) in [5.41, 5.74) is 2.59. The van der Waals surface area contributed by atoms with Crippen LogP contribution in [0, 0.1) is 5.41 Å². The van der Waals surface area contributed by atoms with Crippen LogP contribution in [0.3, 0.4) is 0 Å². The van der Waals surface area contributed by atoms with E-state index in [9.17, 15) is 9.59 Å². The summed E-state index contributed by atoms with van der Waals surface area (Å²) < 4.78 is 9.58. The summed E-state index contributed by atoms with van der Waals surface area (Å²) in [7, 11) is 2.84. The summed E-state index contributed by atoms with van der Waals surface area (Å²) in [5, 5.41) is 0. The van der Waals surface area contributed by atoms with Crippen molar-refractivity contribution in [3.8, 4) is 0 Å². The minimum atomic E-state index is -0.190. The zero-order valence-electron chi connectivity index (χ0n) is 13.4. The van der Waals surface area contributed by atoms with Crippen LogP contribution in [0.25, 0.3) is 0 Å². The van der Waals surface area contributed by atoms with Crippen LogP contribution in [0.1, 0.15) is 43.2 Å². The lowest BCUT2D eigenvalue weighted by molar-refractivity contribution is -0.143. The lowest BCUT2D eigenvalue weighted by Gasteiger charge is -2.37. The number of hydrogen-bond acceptors (Lipinski definition) is 4. The second-order valence-corrected chi connectivity index (χ2v) is 6.13. The molecule has 1 aliphatic rings. The molecular weight excluding hydrogens is 280 g/mol. The molecule has 0 saturated heterocycles. The number of rotatable bonds is 6. The van der Waals surface area contributed by atoms with Crippen LogP contribution in [0.15, 0.2) is 24.3 Å². The highest BCUT2D eigenvalue weighted by atomic mass is 16.5. The van der Waals surface area contributed by atoms with E-state index in [2.05, 4.69) is 18.2 Å². The molecule has 0 fully saturated rings. The van der Waals surface area contributed by atoms with Crippen molar-refractivity contribution in [2.45, 2.75) is 44.9 Å². The lowest BCUT2D eigenvalue weighted by atomic mass is 9.67.